The van der Waals surface area contributed by atoms with Gasteiger partial charge < -0.3 is 9.88 Å². The Balaban J connectivity index is 1.31. The zero-order valence-electron chi connectivity index (χ0n) is 17.2. The highest BCUT2D eigenvalue weighted by molar-refractivity contribution is 7.89. The normalized spacial score (nSPS) is 17.0. The Hall–Kier alpha value is -2.90. The van der Waals surface area contributed by atoms with Crippen molar-refractivity contribution in [1.82, 2.24) is 14.6 Å². The van der Waals surface area contributed by atoms with Crippen LogP contribution < -0.4 is 4.72 Å². The number of rotatable bonds is 6. The predicted octanol–water partition coefficient (Wildman–Crippen LogP) is 3.79. The molecule has 1 amide bonds. The van der Waals surface area contributed by atoms with E-state index < -0.39 is 10.0 Å². The number of aromatic amines is 1. The summed E-state index contributed by atoms with van der Waals surface area (Å²) >= 11 is 0. The molecule has 6 nitrogen and oxygen atoms in total. The average Bonchev–Trinajstić information content (AvgIpc) is 3.54. The lowest BCUT2D eigenvalue weighted by Gasteiger charge is -2.26. The summed E-state index contributed by atoms with van der Waals surface area (Å²) in [5, 5.41) is 1.19. The van der Waals surface area contributed by atoms with Crippen LogP contribution in [0.3, 0.4) is 0 Å². The van der Waals surface area contributed by atoms with Crippen LogP contribution in [0, 0.1) is 5.92 Å². The zero-order valence-corrected chi connectivity index (χ0v) is 18.0. The minimum atomic E-state index is -3.60. The van der Waals surface area contributed by atoms with Crippen LogP contribution in [0.5, 0.6) is 0 Å². The van der Waals surface area contributed by atoms with Gasteiger partial charge in [-0.25, -0.2) is 13.1 Å². The highest BCUT2D eigenvalue weighted by Crippen LogP contribution is 2.30. The maximum Gasteiger partial charge on any atom is 0.254 e. The van der Waals surface area contributed by atoms with E-state index in [4.69, 9.17) is 0 Å². The summed E-state index contributed by atoms with van der Waals surface area (Å²) in [6.45, 7) is 1.57. The van der Waals surface area contributed by atoms with Gasteiger partial charge in [0.15, 0.2) is 0 Å². The highest BCUT2D eigenvalue weighted by Gasteiger charge is 2.25. The van der Waals surface area contributed by atoms with Crippen molar-refractivity contribution in [1.29, 1.82) is 0 Å². The number of sulfonamides is 1. The van der Waals surface area contributed by atoms with Crippen molar-refractivity contribution in [3.8, 4) is 0 Å². The second-order valence-electron chi connectivity index (χ2n) is 8.30. The molecule has 2 aliphatic rings. The van der Waals surface area contributed by atoms with Crippen LogP contribution in [-0.2, 0) is 10.0 Å². The van der Waals surface area contributed by atoms with Gasteiger partial charge in [-0.2, -0.15) is 0 Å². The van der Waals surface area contributed by atoms with Gasteiger partial charge >= 0.3 is 0 Å². The van der Waals surface area contributed by atoms with Crippen LogP contribution >= 0.6 is 0 Å². The van der Waals surface area contributed by atoms with Crippen LogP contribution in [0.4, 0.5) is 0 Å². The Bertz CT molecular complexity index is 1270. The summed E-state index contributed by atoms with van der Waals surface area (Å²) in [5.41, 5.74) is 3.91. The topological polar surface area (TPSA) is 82.3 Å². The van der Waals surface area contributed by atoms with Crippen LogP contribution in [0.25, 0.3) is 16.5 Å². The van der Waals surface area contributed by atoms with Crippen molar-refractivity contribution in [3.63, 3.8) is 0 Å². The molecule has 1 aromatic heterocycles. The van der Waals surface area contributed by atoms with Gasteiger partial charge in [0.2, 0.25) is 10.0 Å². The van der Waals surface area contributed by atoms with Crippen LogP contribution in [0.1, 0.15) is 35.2 Å². The van der Waals surface area contributed by atoms with Gasteiger partial charge in [0.1, 0.15) is 0 Å². The quantitative estimate of drug-likeness (QED) is 0.618. The molecule has 0 unspecified atom stereocenters. The molecule has 1 saturated carbocycles. The van der Waals surface area contributed by atoms with Crippen molar-refractivity contribution >= 4 is 32.4 Å². The first-order valence-electron chi connectivity index (χ1n) is 10.7. The van der Waals surface area contributed by atoms with E-state index in [0.717, 1.165) is 24.8 Å². The van der Waals surface area contributed by atoms with Crippen LogP contribution in [0.2, 0.25) is 0 Å². The number of nitrogens with zero attached hydrogens (tertiary/aromatic N) is 1. The van der Waals surface area contributed by atoms with E-state index in [1.807, 2.05) is 18.3 Å². The monoisotopic (exact) mass is 435 g/mol. The van der Waals surface area contributed by atoms with Crippen molar-refractivity contribution < 1.29 is 13.2 Å². The summed E-state index contributed by atoms with van der Waals surface area (Å²) in [4.78, 5) is 18.2. The Morgan fingerprint density at radius 2 is 1.97 bits per heavy atom. The van der Waals surface area contributed by atoms with Crippen molar-refractivity contribution in [2.45, 2.75) is 24.2 Å². The Kier molecular flexibility index (Phi) is 5.16. The number of hydrogen-bond donors (Lipinski definition) is 2. The second-order valence-corrected chi connectivity index (χ2v) is 10.1. The summed E-state index contributed by atoms with van der Waals surface area (Å²) in [6.07, 6.45) is 7.02. The molecule has 7 heteroatoms. The van der Waals surface area contributed by atoms with Crippen LogP contribution in [0.15, 0.2) is 65.7 Å². The van der Waals surface area contributed by atoms with E-state index in [1.165, 1.54) is 28.7 Å². The molecule has 160 valence electrons. The summed E-state index contributed by atoms with van der Waals surface area (Å²) < 4.78 is 27.8. The number of H-pyrrole nitrogens is 1. The molecule has 3 aromatic rings. The molecule has 0 bridgehead atoms. The van der Waals surface area contributed by atoms with Gasteiger partial charge in [-0.05, 0) is 55.0 Å². The van der Waals surface area contributed by atoms with Gasteiger partial charge in [-0.3, -0.25) is 4.79 Å². The minimum Gasteiger partial charge on any atom is -0.361 e. The Morgan fingerprint density at radius 1 is 1.13 bits per heavy atom. The van der Waals surface area contributed by atoms with E-state index in [1.54, 1.807) is 17.0 Å². The SMILES string of the molecule is O=C(c1cccc(S(=O)(=O)NCC2CC2)c1)N1CC=C(c2c[nH]c3ccccc23)CC1. The molecule has 1 aliphatic heterocycles. The van der Waals surface area contributed by atoms with Crippen molar-refractivity contribution in [2.24, 2.45) is 5.92 Å². The molecular formula is C24H25N3O3S. The first-order chi connectivity index (χ1) is 15.0. The lowest BCUT2D eigenvalue weighted by Crippen LogP contribution is -2.35. The molecular weight excluding hydrogens is 410 g/mol. The van der Waals surface area contributed by atoms with E-state index in [2.05, 4.69) is 27.9 Å². The molecule has 0 radical (unpaired) electrons. The van der Waals surface area contributed by atoms with E-state index in [9.17, 15) is 13.2 Å². The van der Waals surface area contributed by atoms with Gasteiger partial charge in [0, 0.05) is 47.9 Å². The molecule has 5 rings (SSSR count). The molecule has 2 N–H and O–H groups in total. The third-order valence-corrected chi connectivity index (χ3v) is 7.50. The van der Waals surface area contributed by atoms with Gasteiger partial charge in [0.05, 0.1) is 4.90 Å². The van der Waals surface area contributed by atoms with Gasteiger partial charge in [-0.15, -0.1) is 0 Å². The number of carbonyl (C=O) groups excluding carboxylic acids is 1. The minimum absolute atomic E-state index is 0.144. The van der Waals surface area contributed by atoms with Gasteiger partial charge in [-0.1, -0.05) is 30.3 Å². The number of amides is 1. The fraction of sp³-hybridized carbons (Fsp3) is 0.292. The smallest absolute Gasteiger partial charge is 0.254 e. The van der Waals surface area contributed by atoms with E-state index in [-0.39, 0.29) is 10.8 Å². The largest absolute Gasteiger partial charge is 0.361 e. The molecule has 1 aliphatic carbocycles. The first-order valence-corrected chi connectivity index (χ1v) is 12.1. The molecule has 2 heterocycles. The number of para-hydroxylation sites is 1. The number of hydrogen-bond acceptors (Lipinski definition) is 3. The summed E-state index contributed by atoms with van der Waals surface area (Å²) in [5.74, 6) is 0.305. The second kappa shape index (κ2) is 7.98. The summed E-state index contributed by atoms with van der Waals surface area (Å²) in [6, 6.07) is 14.5. The Morgan fingerprint density at radius 3 is 2.74 bits per heavy atom. The summed E-state index contributed by atoms with van der Waals surface area (Å²) in [7, 11) is -3.60. The molecule has 31 heavy (non-hydrogen) atoms. The molecule has 0 spiro atoms. The Labute approximate surface area is 182 Å². The number of fused-ring (bicyclic) bond motifs is 1. The fourth-order valence-corrected chi connectivity index (χ4v) is 5.21. The number of nitrogens with one attached hydrogen (secondary N) is 2. The lowest BCUT2D eigenvalue weighted by molar-refractivity contribution is 0.0772. The zero-order chi connectivity index (χ0) is 21.4. The molecule has 0 atom stereocenters. The third kappa shape index (κ3) is 4.16. The predicted molar refractivity (Wildman–Crippen MR) is 121 cm³/mol. The maximum absolute atomic E-state index is 13.0. The van der Waals surface area contributed by atoms with Gasteiger partial charge in [0.25, 0.3) is 5.91 Å². The lowest BCUT2D eigenvalue weighted by atomic mass is 9.98. The number of carbonyl (C=O) groups is 1. The third-order valence-electron chi connectivity index (χ3n) is 6.08. The molecule has 0 saturated heterocycles. The first kappa shape index (κ1) is 20.0. The van der Waals surface area contributed by atoms with Crippen LogP contribution in [-0.4, -0.2) is 43.8 Å². The number of aromatic nitrogens is 1. The molecule has 2 aromatic carbocycles. The van der Waals surface area contributed by atoms with Crippen molar-refractivity contribution in [3.05, 3.63) is 71.9 Å². The standard InChI is InChI=1S/C24H25N3O3S/c28-24(19-4-3-5-20(14-19)31(29,30)26-15-17-8-9-17)27-12-10-18(11-13-27)22-16-25-23-7-2-1-6-21(22)23/h1-7,10,14,16-17,25-26H,8-9,11-13,15H2. The van der Waals surface area contributed by atoms with E-state index in [0.29, 0.717) is 31.1 Å². The van der Waals surface area contributed by atoms with E-state index >= 15 is 0 Å². The van der Waals surface area contributed by atoms with Crippen molar-refractivity contribution in [2.75, 3.05) is 19.6 Å². The average molecular weight is 436 g/mol. The maximum atomic E-state index is 13.0. The highest BCUT2D eigenvalue weighted by atomic mass is 32.2. The fourth-order valence-electron chi connectivity index (χ4n) is 4.05. The number of benzene rings is 2. The molecule has 1 fully saturated rings.